The average Bonchev–Trinajstić information content (AvgIpc) is 3.32. The quantitative estimate of drug-likeness (QED) is 0.769. The zero-order valence-electron chi connectivity index (χ0n) is 14.3. The van der Waals surface area contributed by atoms with Gasteiger partial charge in [0.1, 0.15) is 0 Å². The number of hydrogen-bond donors (Lipinski definition) is 0. The Balaban J connectivity index is 1.32. The number of carbonyl (C=O) groups is 2. The van der Waals surface area contributed by atoms with Crippen molar-refractivity contribution in [3.8, 4) is 0 Å². The third-order valence-corrected chi connectivity index (χ3v) is 6.26. The number of hydrogen-bond acceptors (Lipinski definition) is 5. The highest BCUT2D eigenvalue weighted by Crippen LogP contribution is 2.25. The number of amides is 2. The maximum absolute atomic E-state index is 12.4. The molecule has 0 bridgehead atoms. The maximum atomic E-state index is 12.4. The van der Waals surface area contributed by atoms with E-state index in [1.54, 1.807) is 6.20 Å². The van der Waals surface area contributed by atoms with Gasteiger partial charge in [0, 0.05) is 56.8 Å². The fourth-order valence-electron chi connectivity index (χ4n) is 4.09. The van der Waals surface area contributed by atoms with Crippen molar-refractivity contribution in [2.45, 2.75) is 37.8 Å². The fourth-order valence-corrected chi connectivity index (χ4v) is 4.69. The van der Waals surface area contributed by atoms with Gasteiger partial charge in [-0.2, -0.15) is 0 Å². The van der Waals surface area contributed by atoms with E-state index in [-0.39, 0.29) is 11.8 Å². The minimum absolute atomic E-state index is 0.0334. The van der Waals surface area contributed by atoms with Gasteiger partial charge in [-0.1, -0.05) is 12.2 Å². The molecule has 134 valence electrons. The lowest BCUT2D eigenvalue weighted by atomic mass is 10.0. The summed E-state index contributed by atoms with van der Waals surface area (Å²) >= 11 is 1.39. The standard InChI is InChI=1S/C18H24N4O2S/c23-16-12-15(13-22(16)14-4-2-1-3-5-14)20-7-9-21(10-8-20)18(24)17-19-6-11-25-17/h2,4,6,11,14-15H,1,3,5,7-10,12-13H2. The predicted molar refractivity (Wildman–Crippen MR) is 96.5 cm³/mol. The molecule has 1 aliphatic carbocycles. The molecule has 25 heavy (non-hydrogen) atoms. The van der Waals surface area contributed by atoms with E-state index in [1.165, 1.54) is 17.8 Å². The lowest BCUT2D eigenvalue weighted by Crippen LogP contribution is -2.52. The SMILES string of the molecule is O=C(c1nccs1)N1CCN(C2CC(=O)N(C3C=CCCC3)C2)CC1. The predicted octanol–water partition coefficient (Wildman–Crippen LogP) is 1.61. The first-order valence-electron chi connectivity index (χ1n) is 9.11. The van der Waals surface area contributed by atoms with Crippen molar-refractivity contribution in [3.05, 3.63) is 28.7 Å². The van der Waals surface area contributed by atoms with Crippen molar-refractivity contribution in [3.63, 3.8) is 0 Å². The second-order valence-electron chi connectivity index (χ2n) is 7.00. The van der Waals surface area contributed by atoms with Crippen LogP contribution >= 0.6 is 11.3 Å². The normalized spacial score (nSPS) is 27.9. The molecule has 3 aliphatic rings. The maximum Gasteiger partial charge on any atom is 0.282 e. The third kappa shape index (κ3) is 3.48. The van der Waals surface area contributed by atoms with E-state index < -0.39 is 0 Å². The molecule has 0 saturated carbocycles. The van der Waals surface area contributed by atoms with Gasteiger partial charge in [0.05, 0.1) is 6.04 Å². The molecule has 2 saturated heterocycles. The van der Waals surface area contributed by atoms with Crippen LogP contribution in [-0.2, 0) is 4.79 Å². The van der Waals surface area contributed by atoms with E-state index in [4.69, 9.17) is 0 Å². The van der Waals surface area contributed by atoms with Gasteiger partial charge in [-0.15, -0.1) is 11.3 Å². The van der Waals surface area contributed by atoms with Gasteiger partial charge < -0.3 is 9.80 Å². The summed E-state index contributed by atoms with van der Waals surface area (Å²) < 4.78 is 0. The molecule has 0 aromatic carbocycles. The lowest BCUT2D eigenvalue weighted by molar-refractivity contribution is -0.129. The molecule has 0 spiro atoms. The Hall–Kier alpha value is -1.73. The summed E-state index contributed by atoms with van der Waals surface area (Å²) in [4.78, 5) is 35.3. The first-order valence-corrected chi connectivity index (χ1v) is 9.99. The molecule has 1 aromatic rings. The number of aromatic nitrogens is 1. The number of carbonyl (C=O) groups excluding carboxylic acids is 2. The van der Waals surface area contributed by atoms with Crippen molar-refractivity contribution in [2.75, 3.05) is 32.7 Å². The number of nitrogens with zero attached hydrogens (tertiary/aromatic N) is 4. The van der Waals surface area contributed by atoms with Crippen molar-refractivity contribution in [1.82, 2.24) is 19.7 Å². The minimum atomic E-state index is 0.0334. The third-order valence-electron chi connectivity index (χ3n) is 5.50. The van der Waals surface area contributed by atoms with Crippen LogP contribution in [0.2, 0.25) is 0 Å². The summed E-state index contributed by atoms with van der Waals surface area (Å²) in [6.45, 7) is 3.93. The smallest absolute Gasteiger partial charge is 0.282 e. The van der Waals surface area contributed by atoms with Crippen LogP contribution in [0.1, 0.15) is 35.5 Å². The lowest BCUT2D eigenvalue weighted by Gasteiger charge is -2.37. The van der Waals surface area contributed by atoms with Gasteiger partial charge in [0.2, 0.25) is 5.91 Å². The van der Waals surface area contributed by atoms with E-state index in [0.717, 1.165) is 32.5 Å². The number of rotatable bonds is 3. The van der Waals surface area contributed by atoms with Crippen LogP contribution in [0.4, 0.5) is 0 Å². The van der Waals surface area contributed by atoms with Gasteiger partial charge >= 0.3 is 0 Å². The second-order valence-corrected chi connectivity index (χ2v) is 7.89. The number of likely N-dealkylation sites (tertiary alicyclic amines) is 1. The van der Waals surface area contributed by atoms with Crippen LogP contribution in [0.15, 0.2) is 23.7 Å². The topological polar surface area (TPSA) is 56.8 Å². The van der Waals surface area contributed by atoms with Crippen LogP contribution in [0.25, 0.3) is 0 Å². The summed E-state index contributed by atoms with van der Waals surface area (Å²) in [6.07, 6.45) is 10.1. The Bertz CT molecular complexity index is 652. The number of allylic oxidation sites excluding steroid dienone is 1. The van der Waals surface area contributed by atoms with Gasteiger partial charge in [0.25, 0.3) is 5.91 Å². The molecule has 2 aliphatic heterocycles. The highest BCUT2D eigenvalue weighted by Gasteiger charge is 2.38. The Labute approximate surface area is 152 Å². The zero-order valence-corrected chi connectivity index (χ0v) is 15.2. The van der Waals surface area contributed by atoms with E-state index in [2.05, 4.69) is 26.9 Å². The van der Waals surface area contributed by atoms with E-state index >= 15 is 0 Å². The first-order chi connectivity index (χ1) is 12.2. The molecule has 4 rings (SSSR count). The van der Waals surface area contributed by atoms with Gasteiger partial charge in [-0.05, 0) is 19.3 Å². The van der Waals surface area contributed by atoms with E-state index in [1.807, 2.05) is 10.3 Å². The Morgan fingerprint density at radius 3 is 2.76 bits per heavy atom. The molecule has 2 atom stereocenters. The van der Waals surface area contributed by atoms with Gasteiger partial charge in [-0.3, -0.25) is 14.5 Å². The van der Waals surface area contributed by atoms with Crippen LogP contribution in [0.3, 0.4) is 0 Å². The molecule has 1 aromatic heterocycles. The number of piperazine rings is 1. The zero-order chi connectivity index (χ0) is 17.2. The van der Waals surface area contributed by atoms with Gasteiger partial charge in [-0.25, -0.2) is 4.98 Å². The Morgan fingerprint density at radius 2 is 2.08 bits per heavy atom. The Kier molecular flexibility index (Phi) is 4.85. The molecule has 2 unspecified atom stereocenters. The molecule has 2 fully saturated rings. The molecular weight excluding hydrogens is 336 g/mol. The molecule has 0 N–H and O–H groups in total. The van der Waals surface area contributed by atoms with E-state index in [0.29, 0.717) is 36.6 Å². The minimum Gasteiger partial charge on any atom is -0.335 e. The molecule has 7 heteroatoms. The highest BCUT2D eigenvalue weighted by molar-refractivity contribution is 7.11. The molecule has 2 amide bonds. The Morgan fingerprint density at radius 1 is 1.24 bits per heavy atom. The van der Waals surface area contributed by atoms with Gasteiger partial charge in [0.15, 0.2) is 5.01 Å². The first kappa shape index (κ1) is 16.7. The van der Waals surface area contributed by atoms with Crippen LogP contribution in [0.5, 0.6) is 0 Å². The summed E-state index contributed by atoms with van der Waals surface area (Å²) in [5.74, 6) is 0.314. The molecule has 3 heterocycles. The van der Waals surface area contributed by atoms with Crippen molar-refractivity contribution in [2.24, 2.45) is 0 Å². The largest absolute Gasteiger partial charge is 0.335 e. The van der Waals surface area contributed by atoms with Crippen LogP contribution < -0.4 is 0 Å². The summed E-state index contributed by atoms with van der Waals surface area (Å²) in [5, 5.41) is 2.40. The highest BCUT2D eigenvalue weighted by atomic mass is 32.1. The molecule has 0 radical (unpaired) electrons. The molecule has 6 nitrogen and oxygen atoms in total. The second kappa shape index (κ2) is 7.25. The van der Waals surface area contributed by atoms with Crippen LogP contribution in [0, 0.1) is 0 Å². The van der Waals surface area contributed by atoms with E-state index in [9.17, 15) is 9.59 Å². The summed E-state index contributed by atoms with van der Waals surface area (Å²) in [5.41, 5.74) is 0. The van der Waals surface area contributed by atoms with Crippen LogP contribution in [-0.4, -0.2) is 76.3 Å². The van der Waals surface area contributed by atoms with Crippen molar-refractivity contribution >= 4 is 23.2 Å². The summed E-state index contributed by atoms with van der Waals surface area (Å²) in [7, 11) is 0. The fraction of sp³-hybridized carbons (Fsp3) is 0.611. The van der Waals surface area contributed by atoms with Crippen molar-refractivity contribution < 1.29 is 9.59 Å². The number of thiazole rings is 1. The van der Waals surface area contributed by atoms with Crippen molar-refractivity contribution in [1.29, 1.82) is 0 Å². The average molecular weight is 360 g/mol. The monoisotopic (exact) mass is 360 g/mol. The molecular formula is C18H24N4O2S. The summed E-state index contributed by atoms with van der Waals surface area (Å²) in [6, 6.07) is 0.582.